The molecule has 5 heteroatoms. The second-order valence-corrected chi connectivity index (χ2v) is 4.65. The first-order chi connectivity index (χ1) is 8.08. The van der Waals surface area contributed by atoms with Gasteiger partial charge in [-0.1, -0.05) is 13.8 Å². The van der Waals surface area contributed by atoms with Gasteiger partial charge >= 0.3 is 5.97 Å². The van der Waals surface area contributed by atoms with Gasteiger partial charge in [-0.05, 0) is 41.2 Å². The number of halogens is 1. The van der Waals surface area contributed by atoms with Crippen LogP contribution in [-0.2, 0) is 4.79 Å². The highest BCUT2D eigenvalue weighted by molar-refractivity contribution is 9.10. The maximum Gasteiger partial charge on any atom is 0.305 e. The predicted octanol–water partition coefficient (Wildman–Crippen LogP) is 2.70. The number of nitrogens with zero attached hydrogens (tertiary/aromatic N) is 2. The Morgan fingerprint density at radius 1 is 1.47 bits per heavy atom. The fourth-order valence-corrected chi connectivity index (χ4v) is 2.07. The minimum atomic E-state index is -0.799. The first kappa shape index (κ1) is 14.1. The summed E-state index contributed by atoms with van der Waals surface area (Å²) in [6.45, 7) is 5.67. The van der Waals surface area contributed by atoms with Crippen molar-refractivity contribution in [3.8, 4) is 0 Å². The molecule has 0 aliphatic heterocycles. The topological polar surface area (TPSA) is 53.4 Å². The fourth-order valence-electron chi connectivity index (χ4n) is 1.83. The summed E-state index contributed by atoms with van der Waals surface area (Å²) in [4.78, 5) is 17.3. The number of carboxylic acid groups (broad SMARTS) is 1. The van der Waals surface area contributed by atoms with E-state index >= 15 is 0 Å². The van der Waals surface area contributed by atoms with E-state index in [0.717, 1.165) is 23.3 Å². The lowest BCUT2D eigenvalue weighted by molar-refractivity contribution is -0.138. The molecule has 0 aliphatic rings. The molecule has 0 radical (unpaired) electrons. The molecule has 0 aromatic carbocycles. The molecule has 0 saturated carbocycles. The van der Waals surface area contributed by atoms with Crippen LogP contribution < -0.4 is 0 Å². The molecule has 1 heterocycles. The van der Waals surface area contributed by atoms with Gasteiger partial charge in [0, 0.05) is 10.7 Å². The van der Waals surface area contributed by atoms with Crippen molar-refractivity contribution < 1.29 is 9.90 Å². The van der Waals surface area contributed by atoms with Crippen molar-refractivity contribution >= 4 is 21.9 Å². The molecule has 0 spiro atoms. The van der Waals surface area contributed by atoms with Gasteiger partial charge in [0.25, 0.3) is 0 Å². The molecule has 94 valence electrons. The monoisotopic (exact) mass is 300 g/mol. The average Bonchev–Trinajstić information content (AvgIpc) is 2.30. The van der Waals surface area contributed by atoms with E-state index in [1.54, 1.807) is 6.20 Å². The van der Waals surface area contributed by atoms with E-state index in [0.29, 0.717) is 0 Å². The van der Waals surface area contributed by atoms with E-state index in [9.17, 15) is 4.79 Å². The Labute approximate surface area is 110 Å². The molecule has 1 rings (SSSR count). The third-order valence-electron chi connectivity index (χ3n) is 2.71. The normalized spacial score (nSPS) is 12.7. The molecule has 1 aromatic rings. The SMILES string of the molecule is CCN(CC)C(CC(=O)O)c1ccc(Br)cn1. The van der Waals surface area contributed by atoms with Crippen LogP contribution in [0.5, 0.6) is 0 Å². The number of pyridine rings is 1. The lowest BCUT2D eigenvalue weighted by Gasteiger charge is -2.28. The third-order valence-corrected chi connectivity index (χ3v) is 3.18. The van der Waals surface area contributed by atoms with Gasteiger partial charge in [-0.15, -0.1) is 0 Å². The smallest absolute Gasteiger partial charge is 0.305 e. The highest BCUT2D eigenvalue weighted by Gasteiger charge is 2.22. The number of aliphatic carboxylic acids is 1. The van der Waals surface area contributed by atoms with E-state index in [1.165, 1.54) is 0 Å². The zero-order chi connectivity index (χ0) is 12.8. The summed E-state index contributed by atoms with van der Waals surface area (Å²) in [6.07, 6.45) is 1.78. The van der Waals surface area contributed by atoms with Crippen LogP contribution in [0.4, 0.5) is 0 Å². The Bertz CT molecular complexity index is 363. The van der Waals surface area contributed by atoms with Gasteiger partial charge in [0.05, 0.1) is 18.2 Å². The van der Waals surface area contributed by atoms with Gasteiger partial charge in [-0.2, -0.15) is 0 Å². The van der Waals surface area contributed by atoms with Gasteiger partial charge in [0.15, 0.2) is 0 Å². The standard InChI is InChI=1S/C12H17BrN2O2/c1-3-15(4-2)11(7-12(16)17)10-6-5-9(13)8-14-10/h5-6,8,11H,3-4,7H2,1-2H3,(H,16,17). The summed E-state index contributed by atoms with van der Waals surface area (Å²) in [7, 11) is 0. The minimum Gasteiger partial charge on any atom is -0.481 e. The molecular weight excluding hydrogens is 284 g/mol. The first-order valence-electron chi connectivity index (χ1n) is 5.65. The number of carbonyl (C=O) groups is 1. The number of aromatic nitrogens is 1. The van der Waals surface area contributed by atoms with Crippen LogP contribution in [0.1, 0.15) is 32.0 Å². The number of rotatable bonds is 6. The second-order valence-electron chi connectivity index (χ2n) is 3.74. The molecule has 0 fully saturated rings. The third kappa shape index (κ3) is 4.09. The largest absolute Gasteiger partial charge is 0.481 e. The molecule has 0 saturated heterocycles. The maximum atomic E-state index is 10.9. The highest BCUT2D eigenvalue weighted by atomic mass is 79.9. The molecule has 17 heavy (non-hydrogen) atoms. The van der Waals surface area contributed by atoms with Crippen LogP contribution in [0.25, 0.3) is 0 Å². The van der Waals surface area contributed by atoms with Crippen LogP contribution in [0.2, 0.25) is 0 Å². The summed E-state index contributed by atoms with van der Waals surface area (Å²) in [6, 6.07) is 3.60. The van der Waals surface area contributed by atoms with Gasteiger partial charge in [-0.3, -0.25) is 14.7 Å². The van der Waals surface area contributed by atoms with Crippen LogP contribution in [0, 0.1) is 0 Å². The Morgan fingerprint density at radius 2 is 2.12 bits per heavy atom. The molecule has 1 N–H and O–H groups in total. The minimum absolute atomic E-state index is 0.0797. The summed E-state index contributed by atoms with van der Waals surface area (Å²) in [5, 5.41) is 8.98. The molecular formula is C12H17BrN2O2. The Hall–Kier alpha value is -0.940. The van der Waals surface area contributed by atoms with Crippen molar-refractivity contribution in [3.63, 3.8) is 0 Å². The first-order valence-corrected chi connectivity index (χ1v) is 6.45. The van der Waals surface area contributed by atoms with Crippen molar-refractivity contribution in [2.24, 2.45) is 0 Å². The summed E-state index contributed by atoms with van der Waals surface area (Å²) in [5.41, 5.74) is 0.805. The number of hydrogen-bond acceptors (Lipinski definition) is 3. The van der Waals surface area contributed by atoms with Crippen molar-refractivity contribution in [1.29, 1.82) is 0 Å². The van der Waals surface area contributed by atoms with Crippen LogP contribution in [0.15, 0.2) is 22.8 Å². The van der Waals surface area contributed by atoms with Crippen molar-refractivity contribution in [1.82, 2.24) is 9.88 Å². The van der Waals surface area contributed by atoms with Crippen molar-refractivity contribution in [3.05, 3.63) is 28.5 Å². The van der Waals surface area contributed by atoms with Gasteiger partial charge in [0.2, 0.25) is 0 Å². The van der Waals surface area contributed by atoms with E-state index in [1.807, 2.05) is 26.0 Å². The van der Waals surface area contributed by atoms with E-state index < -0.39 is 5.97 Å². The predicted molar refractivity (Wildman–Crippen MR) is 69.9 cm³/mol. The van der Waals surface area contributed by atoms with Crippen LogP contribution in [-0.4, -0.2) is 34.0 Å². The molecule has 1 aromatic heterocycles. The molecule has 1 atom stereocenters. The van der Waals surface area contributed by atoms with Crippen molar-refractivity contribution in [2.45, 2.75) is 26.3 Å². The number of carboxylic acids is 1. The molecule has 0 aliphatic carbocycles. The average molecular weight is 301 g/mol. The van der Waals surface area contributed by atoms with E-state index in [-0.39, 0.29) is 12.5 Å². The van der Waals surface area contributed by atoms with Gasteiger partial charge in [0.1, 0.15) is 0 Å². The fraction of sp³-hybridized carbons (Fsp3) is 0.500. The zero-order valence-corrected chi connectivity index (χ0v) is 11.6. The lowest BCUT2D eigenvalue weighted by atomic mass is 10.1. The summed E-state index contributed by atoms with van der Waals surface area (Å²) < 4.78 is 0.898. The Morgan fingerprint density at radius 3 is 2.53 bits per heavy atom. The van der Waals surface area contributed by atoms with Crippen molar-refractivity contribution in [2.75, 3.05) is 13.1 Å². The Balaban J connectivity index is 2.96. The summed E-state index contributed by atoms with van der Waals surface area (Å²) in [5.74, 6) is -0.799. The van der Waals surface area contributed by atoms with Gasteiger partial charge in [-0.25, -0.2) is 0 Å². The Kier molecular flexibility index (Phi) is 5.58. The highest BCUT2D eigenvalue weighted by Crippen LogP contribution is 2.23. The quantitative estimate of drug-likeness (QED) is 0.877. The molecule has 4 nitrogen and oxygen atoms in total. The lowest BCUT2D eigenvalue weighted by Crippen LogP contribution is -2.30. The molecule has 0 bridgehead atoms. The van der Waals surface area contributed by atoms with E-state index in [4.69, 9.17) is 5.11 Å². The van der Waals surface area contributed by atoms with E-state index in [2.05, 4.69) is 25.8 Å². The summed E-state index contributed by atoms with van der Waals surface area (Å²) >= 11 is 3.32. The second kappa shape index (κ2) is 6.71. The number of hydrogen-bond donors (Lipinski definition) is 1. The van der Waals surface area contributed by atoms with Crippen LogP contribution >= 0.6 is 15.9 Å². The molecule has 0 amide bonds. The zero-order valence-electron chi connectivity index (χ0n) is 10.1. The van der Waals surface area contributed by atoms with Gasteiger partial charge < -0.3 is 5.11 Å². The van der Waals surface area contributed by atoms with Crippen LogP contribution in [0.3, 0.4) is 0 Å². The maximum absolute atomic E-state index is 10.9. The molecule has 1 unspecified atom stereocenters.